The first-order valence-electron chi connectivity index (χ1n) is 6.18. The van der Waals surface area contributed by atoms with Gasteiger partial charge in [0.25, 0.3) is 0 Å². The minimum absolute atomic E-state index is 0. The molecule has 2 rings (SSSR count). The second-order valence-corrected chi connectivity index (χ2v) is 4.92. The minimum Gasteiger partial charge on any atom is -0.380 e. The molecule has 0 spiro atoms. The van der Waals surface area contributed by atoms with Crippen molar-refractivity contribution in [3.63, 3.8) is 0 Å². The summed E-state index contributed by atoms with van der Waals surface area (Å²) < 4.78 is 2.01. The lowest BCUT2D eigenvalue weighted by atomic mass is 10.2. The maximum atomic E-state index is 4.36. The molecule has 1 fully saturated rings. The van der Waals surface area contributed by atoms with Gasteiger partial charge in [-0.3, -0.25) is 4.68 Å². The standard InChI is InChI=1S/C12H22N4.ClH/c1-15(2)7-8-16-10-12(9-13-16)14-11-5-3-4-6-11;/h9-11,14H,3-8H2,1-2H3;1H. The van der Waals surface area contributed by atoms with E-state index in [1.54, 1.807) is 0 Å². The van der Waals surface area contributed by atoms with Crippen LogP contribution in [0.25, 0.3) is 0 Å². The Morgan fingerprint density at radius 2 is 2.12 bits per heavy atom. The second-order valence-electron chi connectivity index (χ2n) is 4.92. The van der Waals surface area contributed by atoms with Crippen molar-refractivity contribution < 1.29 is 0 Å². The molecule has 1 saturated carbocycles. The number of nitrogens with one attached hydrogen (secondary N) is 1. The van der Waals surface area contributed by atoms with Gasteiger partial charge in [-0.2, -0.15) is 5.10 Å². The van der Waals surface area contributed by atoms with Gasteiger partial charge < -0.3 is 10.2 Å². The van der Waals surface area contributed by atoms with Gasteiger partial charge in [0.15, 0.2) is 0 Å². The lowest BCUT2D eigenvalue weighted by Gasteiger charge is -2.11. The minimum atomic E-state index is 0. The lowest BCUT2D eigenvalue weighted by molar-refractivity contribution is 0.373. The van der Waals surface area contributed by atoms with Crippen molar-refractivity contribution in [3.05, 3.63) is 12.4 Å². The van der Waals surface area contributed by atoms with Crippen molar-refractivity contribution in [2.45, 2.75) is 38.3 Å². The summed E-state index contributed by atoms with van der Waals surface area (Å²) in [6, 6.07) is 0.673. The molecule has 1 aliphatic carbocycles. The first kappa shape index (κ1) is 14.3. The van der Waals surface area contributed by atoms with E-state index in [-0.39, 0.29) is 12.4 Å². The topological polar surface area (TPSA) is 33.1 Å². The number of nitrogens with zero attached hydrogens (tertiary/aromatic N) is 3. The van der Waals surface area contributed by atoms with Crippen molar-refractivity contribution in [2.24, 2.45) is 0 Å². The Hall–Kier alpha value is -0.740. The highest BCUT2D eigenvalue weighted by Crippen LogP contribution is 2.21. The normalized spacial score (nSPS) is 16.2. The van der Waals surface area contributed by atoms with Gasteiger partial charge in [0.2, 0.25) is 0 Å². The summed E-state index contributed by atoms with van der Waals surface area (Å²) in [5.74, 6) is 0. The average molecular weight is 259 g/mol. The van der Waals surface area contributed by atoms with Crippen LogP contribution in [0.2, 0.25) is 0 Å². The van der Waals surface area contributed by atoms with E-state index in [4.69, 9.17) is 0 Å². The maximum absolute atomic E-state index is 4.36. The third-order valence-electron chi connectivity index (χ3n) is 3.14. The van der Waals surface area contributed by atoms with Crippen LogP contribution >= 0.6 is 12.4 Å². The van der Waals surface area contributed by atoms with Crippen LogP contribution in [0.1, 0.15) is 25.7 Å². The molecule has 0 amide bonds. The zero-order valence-electron chi connectivity index (χ0n) is 10.7. The highest BCUT2D eigenvalue weighted by molar-refractivity contribution is 5.85. The Balaban J connectivity index is 0.00000144. The summed E-state index contributed by atoms with van der Waals surface area (Å²) in [5.41, 5.74) is 1.17. The van der Waals surface area contributed by atoms with E-state index in [0.717, 1.165) is 13.1 Å². The van der Waals surface area contributed by atoms with Gasteiger partial charge in [0.05, 0.1) is 18.4 Å². The number of rotatable bonds is 5. The number of halogens is 1. The van der Waals surface area contributed by atoms with Crippen LogP contribution in [-0.4, -0.2) is 41.4 Å². The molecule has 1 aromatic heterocycles. The molecule has 5 heteroatoms. The summed E-state index contributed by atoms with van der Waals surface area (Å²) in [6.07, 6.45) is 9.40. The molecule has 1 aromatic rings. The Morgan fingerprint density at radius 1 is 1.41 bits per heavy atom. The monoisotopic (exact) mass is 258 g/mol. The van der Waals surface area contributed by atoms with Gasteiger partial charge in [-0.1, -0.05) is 12.8 Å². The Kier molecular flexibility index (Phi) is 5.78. The Bertz CT molecular complexity index is 318. The summed E-state index contributed by atoms with van der Waals surface area (Å²) >= 11 is 0. The molecule has 98 valence electrons. The van der Waals surface area contributed by atoms with Crippen LogP contribution in [0.4, 0.5) is 5.69 Å². The van der Waals surface area contributed by atoms with E-state index in [2.05, 4.69) is 35.6 Å². The fourth-order valence-corrected chi connectivity index (χ4v) is 2.17. The molecule has 0 radical (unpaired) electrons. The van der Waals surface area contributed by atoms with Crippen molar-refractivity contribution >= 4 is 18.1 Å². The lowest BCUT2D eigenvalue weighted by Crippen LogP contribution is -2.18. The molecule has 0 unspecified atom stereocenters. The zero-order chi connectivity index (χ0) is 11.4. The van der Waals surface area contributed by atoms with Crippen LogP contribution < -0.4 is 5.32 Å². The molecule has 0 atom stereocenters. The van der Waals surface area contributed by atoms with Crippen LogP contribution in [0, 0.1) is 0 Å². The smallest absolute Gasteiger partial charge is 0.0728 e. The third kappa shape index (κ3) is 4.56. The number of aromatic nitrogens is 2. The van der Waals surface area contributed by atoms with Crippen LogP contribution in [0.3, 0.4) is 0 Å². The fourth-order valence-electron chi connectivity index (χ4n) is 2.17. The van der Waals surface area contributed by atoms with Gasteiger partial charge >= 0.3 is 0 Å². The molecule has 0 aromatic carbocycles. The number of hydrogen-bond acceptors (Lipinski definition) is 3. The number of anilines is 1. The molecular weight excluding hydrogens is 236 g/mol. The quantitative estimate of drug-likeness (QED) is 0.879. The first-order valence-corrected chi connectivity index (χ1v) is 6.18. The maximum Gasteiger partial charge on any atom is 0.0728 e. The largest absolute Gasteiger partial charge is 0.380 e. The van der Waals surface area contributed by atoms with Gasteiger partial charge in [-0.25, -0.2) is 0 Å². The Labute approximate surface area is 110 Å². The van der Waals surface area contributed by atoms with Gasteiger partial charge in [0.1, 0.15) is 0 Å². The van der Waals surface area contributed by atoms with E-state index in [1.165, 1.54) is 31.4 Å². The number of hydrogen-bond donors (Lipinski definition) is 1. The van der Waals surface area contributed by atoms with Crippen LogP contribution in [0.15, 0.2) is 12.4 Å². The Morgan fingerprint density at radius 3 is 2.76 bits per heavy atom. The molecule has 1 N–H and O–H groups in total. The molecule has 0 aliphatic heterocycles. The predicted molar refractivity (Wildman–Crippen MR) is 73.9 cm³/mol. The van der Waals surface area contributed by atoms with Crippen molar-refractivity contribution in [2.75, 3.05) is 26.0 Å². The van der Waals surface area contributed by atoms with E-state index in [1.807, 2.05) is 10.9 Å². The summed E-state index contributed by atoms with van der Waals surface area (Å²) in [6.45, 7) is 1.99. The fraction of sp³-hybridized carbons (Fsp3) is 0.750. The van der Waals surface area contributed by atoms with E-state index >= 15 is 0 Å². The number of likely N-dealkylation sites (N-methyl/N-ethyl adjacent to an activating group) is 1. The first-order chi connectivity index (χ1) is 7.74. The van der Waals surface area contributed by atoms with Crippen molar-refractivity contribution in [3.8, 4) is 0 Å². The van der Waals surface area contributed by atoms with Gasteiger partial charge in [0, 0.05) is 18.8 Å². The van der Waals surface area contributed by atoms with Gasteiger partial charge in [-0.05, 0) is 26.9 Å². The molecule has 4 nitrogen and oxygen atoms in total. The predicted octanol–water partition coefficient (Wildman–Crippen LogP) is 2.22. The summed E-state index contributed by atoms with van der Waals surface area (Å²) in [7, 11) is 4.17. The van der Waals surface area contributed by atoms with Crippen molar-refractivity contribution in [1.82, 2.24) is 14.7 Å². The average Bonchev–Trinajstić information content (AvgIpc) is 2.87. The highest BCUT2D eigenvalue weighted by Gasteiger charge is 2.14. The molecule has 0 saturated heterocycles. The van der Waals surface area contributed by atoms with Crippen molar-refractivity contribution in [1.29, 1.82) is 0 Å². The molecular formula is C12H23ClN4. The van der Waals surface area contributed by atoms with Crippen LogP contribution in [-0.2, 0) is 6.54 Å². The zero-order valence-corrected chi connectivity index (χ0v) is 11.5. The van der Waals surface area contributed by atoms with E-state index in [0.29, 0.717) is 6.04 Å². The summed E-state index contributed by atoms with van der Waals surface area (Å²) in [5, 5.41) is 7.91. The van der Waals surface area contributed by atoms with E-state index in [9.17, 15) is 0 Å². The third-order valence-corrected chi connectivity index (χ3v) is 3.14. The molecule has 1 aliphatic rings. The molecule has 1 heterocycles. The highest BCUT2D eigenvalue weighted by atomic mass is 35.5. The van der Waals surface area contributed by atoms with Crippen LogP contribution in [0.5, 0.6) is 0 Å². The summed E-state index contributed by atoms with van der Waals surface area (Å²) in [4.78, 5) is 2.17. The second kappa shape index (κ2) is 6.87. The molecule has 0 bridgehead atoms. The molecule has 17 heavy (non-hydrogen) atoms. The van der Waals surface area contributed by atoms with E-state index < -0.39 is 0 Å². The van der Waals surface area contributed by atoms with Gasteiger partial charge in [-0.15, -0.1) is 12.4 Å². The SMILES string of the molecule is CN(C)CCn1cc(NC2CCCC2)cn1.Cl.